The Balaban J connectivity index is 1.68. The number of fused-ring (bicyclic) bond motifs is 2. The Kier molecular flexibility index (Phi) is 9.79. The molecule has 43 heavy (non-hydrogen) atoms. The van der Waals surface area contributed by atoms with E-state index in [-0.39, 0.29) is 5.97 Å². The maximum Gasteiger partial charge on any atom is 0.340 e. The van der Waals surface area contributed by atoms with Crippen LogP contribution in [0.5, 0.6) is 5.75 Å². The lowest BCUT2D eigenvalue weighted by atomic mass is 9.78. The molecule has 0 saturated carbocycles. The number of aryl methyl sites for hydroxylation is 1. The third-order valence-electron chi connectivity index (χ3n) is 9.10. The van der Waals surface area contributed by atoms with E-state index in [1.54, 1.807) is 0 Å². The van der Waals surface area contributed by atoms with Crippen molar-refractivity contribution < 1.29 is 14.3 Å². The first kappa shape index (κ1) is 30.7. The van der Waals surface area contributed by atoms with E-state index in [2.05, 4.69) is 79.8 Å². The fourth-order valence-electron chi connectivity index (χ4n) is 6.81. The molecule has 1 atom stereocenters. The van der Waals surface area contributed by atoms with Crippen LogP contribution in [-0.2, 0) is 17.4 Å². The van der Waals surface area contributed by atoms with Gasteiger partial charge in [0, 0.05) is 65.2 Å². The van der Waals surface area contributed by atoms with Gasteiger partial charge in [-0.25, -0.2) is 4.79 Å². The number of cyclic esters (lactones) is 1. The lowest BCUT2D eigenvalue weighted by Crippen LogP contribution is -2.32. The number of nitrogens with zero attached hydrogens (tertiary/aromatic N) is 2. The topological polar surface area (TPSA) is 43.7 Å². The molecule has 2 heterocycles. The zero-order valence-electron chi connectivity index (χ0n) is 26.7. The quantitative estimate of drug-likeness (QED) is 0.104. The van der Waals surface area contributed by atoms with Crippen LogP contribution in [0.4, 0.5) is 5.69 Å². The van der Waals surface area contributed by atoms with Gasteiger partial charge >= 0.3 is 5.97 Å². The monoisotopic (exact) mass is 580 g/mol. The molecule has 5 heteroatoms. The third kappa shape index (κ3) is 5.79. The molecule has 1 aromatic heterocycles. The van der Waals surface area contributed by atoms with E-state index in [1.807, 2.05) is 31.2 Å². The van der Waals surface area contributed by atoms with Crippen molar-refractivity contribution in [1.82, 2.24) is 4.57 Å². The number of anilines is 1. The van der Waals surface area contributed by atoms with Gasteiger partial charge in [-0.2, -0.15) is 0 Å². The van der Waals surface area contributed by atoms with Crippen LogP contribution in [0.3, 0.4) is 0 Å². The molecular formula is C38H48N2O3. The first-order chi connectivity index (χ1) is 21.0. The predicted molar refractivity (Wildman–Crippen MR) is 178 cm³/mol. The Morgan fingerprint density at radius 3 is 2.19 bits per heavy atom. The Labute approximate surface area is 257 Å². The van der Waals surface area contributed by atoms with Gasteiger partial charge in [0.25, 0.3) is 0 Å². The predicted octanol–water partition coefficient (Wildman–Crippen LogP) is 9.31. The molecule has 0 bridgehead atoms. The number of ether oxygens (including phenoxy) is 2. The van der Waals surface area contributed by atoms with Crippen molar-refractivity contribution in [3.63, 3.8) is 0 Å². The van der Waals surface area contributed by atoms with Crippen LogP contribution in [0.15, 0.2) is 66.7 Å². The van der Waals surface area contributed by atoms with Crippen LogP contribution in [0.2, 0.25) is 0 Å². The Hall–Kier alpha value is -3.73. The van der Waals surface area contributed by atoms with Gasteiger partial charge < -0.3 is 18.9 Å². The number of esters is 1. The van der Waals surface area contributed by atoms with Gasteiger partial charge in [-0.1, -0.05) is 88.8 Å². The summed E-state index contributed by atoms with van der Waals surface area (Å²) in [6, 6.07) is 22.8. The standard InChI is InChI=1S/C38H48N2O3/c1-6-9-11-17-25-40(26-18-12-10-7-2)29-23-24-33(35(27-29)42-8-3)38(32-21-15-13-19-30(32)37(41)43-38)36-28(4)39(5)34-22-16-14-20-31(34)36/h13-16,19-24,27H,6-12,17-18,25-26H2,1-5H3. The largest absolute Gasteiger partial charge is 0.493 e. The molecule has 3 aromatic carbocycles. The van der Waals surface area contributed by atoms with Crippen molar-refractivity contribution in [2.24, 2.45) is 7.05 Å². The lowest BCUT2D eigenvalue weighted by molar-refractivity contribution is 0.0246. The van der Waals surface area contributed by atoms with Gasteiger partial charge in [0.05, 0.1) is 12.2 Å². The van der Waals surface area contributed by atoms with Crippen LogP contribution < -0.4 is 9.64 Å². The highest BCUT2D eigenvalue weighted by atomic mass is 16.6. The number of hydrogen-bond donors (Lipinski definition) is 0. The maximum absolute atomic E-state index is 13.6. The van der Waals surface area contributed by atoms with Crippen LogP contribution in [0.1, 0.15) is 105 Å². The minimum Gasteiger partial charge on any atom is -0.493 e. The fourth-order valence-corrected chi connectivity index (χ4v) is 6.81. The second-order valence-electron chi connectivity index (χ2n) is 11.9. The van der Waals surface area contributed by atoms with Gasteiger partial charge in [0.2, 0.25) is 0 Å². The molecular weight excluding hydrogens is 532 g/mol. The summed E-state index contributed by atoms with van der Waals surface area (Å²) in [6.07, 6.45) is 9.85. The van der Waals surface area contributed by atoms with Crippen molar-refractivity contribution >= 4 is 22.6 Å². The number of aromatic nitrogens is 1. The number of benzene rings is 3. The summed E-state index contributed by atoms with van der Waals surface area (Å²) in [4.78, 5) is 16.1. The highest BCUT2D eigenvalue weighted by Crippen LogP contribution is 2.53. The van der Waals surface area contributed by atoms with E-state index >= 15 is 0 Å². The molecule has 1 aliphatic rings. The smallest absolute Gasteiger partial charge is 0.340 e. The average molecular weight is 581 g/mol. The average Bonchev–Trinajstić information content (AvgIpc) is 3.46. The summed E-state index contributed by atoms with van der Waals surface area (Å²) >= 11 is 0. The number of carbonyl (C=O) groups is 1. The first-order valence-electron chi connectivity index (χ1n) is 16.4. The Bertz CT molecular complexity index is 1540. The molecule has 0 saturated heterocycles. The summed E-state index contributed by atoms with van der Waals surface area (Å²) in [5.41, 5.74) is 5.54. The summed E-state index contributed by atoms with van der Waals surface area (Å²) in [5.74, 6) is 0.465. The lowest BCUT2D eigenvalue weighted by Gasteiger charge is -2.33. The first-order valence-corrected chi connectivity index (χ1v) is 16.4. The molecule has 0 spiro atoms. The zero-order chi connectivity index (χ0) is 30.4. The van der Waals surface area contributed by atoms with Crippen molar-refractivity contribution in [1.29, 1.82) is 0 Å². The third-order valence-corrected chi connectivity index (χ3v) is 9.10. The molecule has 4 aromatic rings. The van der Waals surface area contributed by atoms with E-state index in [0.717, 1.165) is 52.1 Å². The summed E-state index contributed by atoms with van der Waals surface area (Å²) in [6.45, 7) is 11.2. The van der Waals surface area contributed by atoms with Crippen LogP contribution in [0, 0.1) is 6.92 Å². The van der Waals surface area contributed by atoms with E-state index in [0.29, 0.717) is 12.2 Å². The summed E-state index contributed by atoms with van der Waals surface area (Å²) < 4.78 is 15.3. The fraction of sp³-hybridized carbons (Fsp3) is 0.447. The zero-order valence-corrected chi connectivity index (χ0v) is 26.7. The van der Waals surface area contributed by atoms with Gasteiger partial charge in [-0.05, 0) is 51.0 Å². The van der Waals surface area contributed by atoms with Crippen molar-refractivity contribution in [3.8, 4) is 5.75 Å². The molecule has 1 unspecified atom stereocenters. The molecule has 0 aliphatic carbocycles. The number of hydrogen-bond acceptors (Lipinski definition) is 4. The van der Waals surface area contributed by atoms with Gasteiger partial charge in [-0.3, -0.25) is 0 Å². The molecule has 0 amide bonds. The number of para-hydroxylation sites is 1. The van der Waals surface area contributed by atoms with Gasteiger partial charge in [0.1, 0.15) is 5.75 Å². The highest BCUT2D eigenvalue weighted by Gasteiger charge is 2.52. The molecule has 1 aliphatic heterocycles. The summed E-state index contributed by atoms with van der Waals surface area (Å²) in [7, 11) is 2.08. The molecule has 0 N–H and O–H groups in total. The van der Waals surface area contributed by atoms with Gasteiger partial charge in [-0.15, -0.1) is 0 Å². The minimum absolute atomic E-state index is 0.303. The van der Waals surface area contributed by atoms with Crippen molar-refractivity contribution in [3.05, 3.63) is 94.7 Å². The van der Waals surface area contributed by atoms with E-state index in [9.17, 15) is 4.79 Å². The van der Waals surface area contributed by atoms with Crippen molar-refractivity contribution in [2.45, 2.75) is 84.7 Å². The van der Waals surface area contributed by atoms with Crippen LogP contribution in [-0.4, -0.2) is 30.2 Å². The van der Waals surface area contributed by atoms with Crippen molar-refractivity contribution in [2.75, 3.05) is 24.6 Å². The Morgan fingerprint density at radius 1 is 0.814 bits per heavy atom. The number of rotatable bonds is 15. The normalized spacial score (nSPS) is 16.0. The highest BCUT2D eigenvalue weighted by molar-refractivity contribution is 5.99. The molecule has 5 nitrogen and oxygen atoms in total. The second-order valence-corrected chi connectivity index (χ2v) is 11.9. The SMILES string of the molecule is CCCCCCN(CCCCCC)c1ccc(C2(c3c(C)n(C)c4ccccc34)OC(=O)c3ccccc32)c(OCC)c1. The maximum atomic E-state index is 13.6. The second kappa shape index (κ2) is 13.7. The van der Waals surface area contributed by atoms with E-state index in [4.69, 9.17) is 9.47 Å². The molecule has 228 valence electrons. The Morgan fingerprint density at radius 2 is 1.49 bits per heavy atom. The van der Waals surface area contributed by atoms with Crippen LogP contribution >= 0.6 is 0 Å². The molecule has 5 rings (SSSR count). The minimum atomic E-state index is -1.13. The van der Waals surface area contributed by atoms with E-state index in [1.165, 1.54) is 57.1 Å². The number of unbranched alkanes of at least 4 members (excludes halogenated alkanes) is 6. The molecule has 0 radical (unpaired) electrons. The van der Waals surface area contributed by atoms with Gasteiger partial charge in [0.15, 0.2) is 5.60 Å². The number of carbonyl (C=O) groups excluding carboxylic acids is 1. The van der Waals surface area contributed by atoms with E-state index < -0.39 is 5.60 Å². The summed E-state index contributed by atoms with van der Waals surface area (Å²) in [5, 5.41) is 1.08. The molecule has 0 fully saturated rings. The van der Waals surface area contributed by atoms with Crippen LogP contribution in [0.25, 0.3) is 10.9 Å².